The second kappa shape index (κ2) is 7.14. The van der Waals surface area contributed by atoms with Crippen LogP contribution >= 0.6 is 11.6 Å². The van der Waals surface area contributed by atoms with Crippen molar-refractivity contribution < 1.29 is 4.79 Å². The highest BCUT2D eigenvalue weighted by Crippen LogP contribution is 2.26. The number of halogens is 1. The van der Waals surface area contributed by atoms with Crippen molar-refractivity contribution in [2.24, 2.45) is 5.92 Å². The summed E-state index contributed by atoms with van der Waals surface area (Å²) < 4.78 is 1.81. The number of nitrogens with one attached hydrogen (secondary N) is 1. The molecule has 1 amide bonds. The van der Waals surface area contributed by atoms with Crippen molar-refractivity contribution in [2.45, 2.75) is 44.9 Å². The fourth-order valence-electron chi connectivity index (χ4n) is 3.23. The third kappa shape index (κ3) is 3.80. The number of pyridine rings is 1. The summed E-state index contributed by atoms with van der Waals surface area (Å²) in [5, 5.41) is 3.59. The molecular formula is C17H22ClN3O. The van der Waals surface area contributed by atoms with E-state index in [1.54, 1.807) is 18.3 Å². The van der Waals surface area contributed by atoms with Gasteiger partial charge in [-0.15, -0.1) is 0 Å². The Balaban J connectivity index is 1.48. The highest BCUT2D eigenvalue weighted by atomic mass is 35.5. The van der Waals surface area contributed by atoms with Crippen molar-refractivity contribution in [2.75, 3.05) is 6.54 Å². The summed E-state index contributed by atoms with van der Waals surface area (Å²) in [4.78, 5) is 16.4. The minimum Gasteiger partial charge on any atom is -0.351 e. The largest absolute Gasteiger partial charge is 0.351 e. The molecule has 22 heavy (non-hydrogen) atoms. The van der Waals surface area contributed by atoms with Crippen molar-refractivity contribution in [1.82, 2.24) is 14.7 Å². The highest BCUT2D eigenvalue weighted by molar-refractivity contribution is 6.30. The van der Waals surface area contributed by atoms with Crippen LogP contribution in [0.5, 0.6) is 0 Å². The number of fused-ring (bicyclic) bond motifs is 1. The van der Waals surface area contributed by atoms with Gasteiger partial charge in [-0.3, -0.25) is 4.79 Å². The molecule has 1 saturated carbocycles. The summed E-state index contributed by atoms with van der Waals surface area (Å²) in [6.07, 6.45) is 12.7. The van der Waals surface area contributed by atoms with Gasteiger partial charge in [0.2, 0.25) is 0 Å². The van der Waals surface area contributed by atoms with Crippen molar-refractivity contribution in [3.8, 4) is 0 Å². The summed E-state index contributed by atoms with van der Waals surface area (Å²) >= 11 is 5.93. The fourth-order valence-corrected chi connectivity index (χ4v) is 3.38. The molecule has 0 radical (unpaired) electrons. The van der Waals surface area contributed by atoms with Crippen molar-refractivity contribution in [1.29, 1.82) is 0 Å². The number of hydrogen-bond acceptors (Lipinski definition) is 2. The van der Waals surface area contributed by atoms with Gasteiger partial charge in [0.1, 0.15) is 11.3 Å². The van der Waals surface area contributed by atoms with Gasteiger partial charge in [0.15, 0.2) is 0 Å². The van der Waals surface area contributed by atoms with Crippen LogP contribution in [-0.4, -0.2) is 21.8 Å². The first-order chi connectivity index (χ1) is 10.7. The van der Waals surface area contributed by atoms with Gasteiger partial charge in [-0.2, -0.15) is 0 Å². The van der Waals surface area contributed by atoms with E-state index in [1.807, 2.05) is 10.6 Å². The molecule has 118 valence electrons. The van der Waals surface area contributed by atoms with Gasteiger partial charge in [0.05, 0.1) is 0 Å². The Morgan fingerprint density at radius 2 is 2.18 bits per heavy atom. The molecule has 0 atom stereocenters. The van der Waals surface area contributed by atoms with Crippen LogP contribution < -0.4 is 5.32 Å². The lowest BCUT2D eigenvalue weighted by Gasteiger charge is -2.21. The molecule has 0 aliphatic heterocycles. The number of carbonyl (C=O) groups excluding carboxylic acids is 1. The van der Waals surface area contributed by atoms with E-state index < -0.39 is 0 Å². The Hall–Kier alpha value is -1.55. The molecular weight excluding hydrogens is 298 g/mol. The van der Waals surface area contributed by atoms with Gasteiger partial charge >= 0.3 is 0 Å². The fraction of sp³-hybridized carbons (Fsp3) is 0.529. The minimum absolute atomic E-state index is 0.108. The van der Waals surface area contributed by atoms with Crippen LogP contribution in [0.2, 0.25) is 5.02 Å². The summed E-state index contributed by atoms with van der Waals surface area (Å²) in [6, 6.07) is 3.53. The van der Waals surface area contributed by atoms with Gasteiger partial charge < -0.3 is 9.72 Å². The molecule has 1 fully saturated rings. The SMILES string of the molecule is O=C(NCCCC1CCCCC1)c1cn2ccc(Cl)cc2n1. The van der Waals surface area contributed by atoms with Crippen LogP contribution in [0.4, 0.5) is 0 Å². The summed E-state index contributed by atoms with van der Waals surface area (Å²) in [6.45, 7) is 0.726. The van der Waals surface area contributed by atoms with E-state index in [1.165, 1.54) is 38.5 Å². The van der Waals surface area contributed by atoms with Crippen molar-refractivity contribution >= 4 is 23.2 Å². The number of amides is 1. The average molecular weight is 320 g/mol. The quantitative estimate of drug-likeness (QED) is 0.844. The number of hydrogen-bond donors (Lipinski definition) is 1. The van der Waals surface area contributed by atoms with Gasteiger partial charge in [-0.1, -0.05) is 43.7 Å². The maximum atomic E-state index is 12.1. The van der Waals surface area contributed by atoms with E-state index in [9.17, 15) is 4.79 Å². The number of nitrogens with zero attached hydrogens (tertiary/aromatic N) is 2. The van der Waals surface area contributed by atoms with Crippen LogP contribution in [0, 0.1) is 5.92 Å². The molecule has 2 aromatic heterocycles. The van der Waals surface area contributed by atoms with Crippen molar-refractivity contribution in [3.63, 3.8) is 0 Å². The standard InChI is InChI=1S/C17H22ClN3O/c18-14-8-10-21-12-15(20-16(21)11-14)17(22)19-9-4-7-13-5-2-1-3-6-13/h8,10-13H,1-7,9H2,(H,19,22). The molecule has 0 bridgehead atoms. The summed E-state index contributed by atoms with van der Waals surface area (Å²) in [7, 11) is 0. The van der Waals surface area contributed by atoms with E-state index in [0.717, 1.165) is 18.9 Å². The molecule has 1 aliphatic rings. The Bertz CT molecular complexity index is 646. The third-order valence-corrected chi connectivity index (χ3v) is 4.69. The van der Waals surface area contributed by atoms with E-state index in [2.05, 4.69) is 10.3 Å². The Kier molecular flexibility index (Phi) is 4.98. The molecule has 1 N–H and O–H groups in total. The number of aromatic nitrogens is 2. The van der Waals surface area contributed by atoms with Gasteiger partial charge in [-0.05, 0) is 24.8 Å². The second-order valence-corrected chi connectivity index (χ2v) is 6.58. The molecule has 0 spiro atoms. The van der Waals surface area contributed by atoms with Crippen LogP contribution in [0.25, 0.3) is 5.65 Å². The Morgan fingerprint density at radius 1 is 1.36 bits per heavy atom. The number of imidazole rings is 1. The van der Waals surface area contributed by atoms with E-state index in [4.69, 9.17) is 11.6 Å². The molecule has 1 aliphatic carbocycles. The lowest BCUT2D eigenvalue weighted by atomic mass is 9.86. The molecule has 0 unspecified atom stereocenters. The zero-order valence-corrected chi connectivity index (χ0v) is 13.5. The third-order valence-electron chi connectivity index (χ3n) is 4.45. The lowest BCUT2D eigenvalue weighted by Crippen LogP contribution is -2.25. The zero-order valence-electron chi connectivity index (χ0n) is 12.7. The predicted molar refractivity (Wildman–Crippen MR) is 88.3 cm³/mol. The smallest absolute Gasteiger partial charge is 0.271 e. The Morgan fingerprint density at radius 3 is 3.00 bits per heavy atom. The monoisotopic (exact) mass is 319 g/mol. The van der Waals surface area contributed by atoms with Crippen LogP contribution in [0.3, 0.4) is 0 Å². The maximum absolute atomic E-state index is 12.1. The van der Waals surface area contributed by atoms with Crippen LogP contribution in [0.1, 0.15) is 55.4 Å². The summed E-state index contributed by atoms with van der Waals surface area (Å²) in [5.74, 6) is 0.756. The van der Waals surface area contributed by atoms with Gasteiger partial charge in [-0.25, -0.2) is 4.98 Å². The Labute approximate surface area is 135 Å². The lowest BCUT2D eigenvalue weighted by molar-refractivity contribution is 0.0947. The molecule has 4 nitrogen and oxygen atoms in total. The zero-order chi connectivity index (χ0) is 15.4. The first-order valence-corrected chi connectivity index (χ1v) is 8.52. The number of rotatable bonds is 5. The van der Waals surface area contributed by atoms with Crippen molar-refractivity contribution in [3.05, 3.63) is 35.2 Å². The molecule has 2 aromatic rings. The first kappa shape index (κ1) is 15.3. The van der Waals surface area contributed by atoms with E-state index in [-0.39, 0.29) is 5.91 Å². The molecule has 0 saturated heterocycles. The summed E-state index contributed by atoms with van der Waals surface area (Å²) in [5.41, 5.74) is 1.14. The number of carbonyl (C=O) groups is 1. The van der Waals surface area contributed by atoms with E-state index >= 15 is 0 Å². The van der Waals surface area contributed by atoms with Crippen LogP contribution in [-0.2, 0) is 0 Å². The second-order valence-electron chi connectivity index (χ2n) is 6.14. The molecule has 0 aromatic carbocycles. The predicted octanol–water partition coefficient (Wildman–Crippen LogP) is 4.08. The first-order valence-electron chi connectivity index (χ1n) is 8.15. The minimum atomic E-state index is -0.108. The molecule has 5 heteroatoms. The maximum Gasteiger partial charge on any atom is 0.271 e. The van der Waals surface area contributed by atoms with Crippen LogP contribution in [0.15, 0.2) is 24.5 Å². The van der Waals surface area contributed by atoms with Gasteiger partial charge in [0, 0.05) is 30.0 Å². The normalized spacial score (nSPS) is 16.0. The van der Waals surface area contributed by atoms with Gasteiger partial charge in [0.25, 0.3) is 5.91 Å². The molecule has 3 rings (SSSR count). The highest BCUT2D eigenvalue weighted by Gasteiger charge is 2.14. The topological polar surface area (TPSA) is 46.4 Å². The molecule has 2 heterocycles. The van der Waals surface area contributed by atoms with E-state index in [0.29, 0.717) is 16.4 Å². The average Bonchev–Trinajstić information content (AvgIpc) is 2.95.